The van der Waals surface area contributed by atoms with Gasteiger partial charge in [0.2, 0.25) is 0 Å². The molecule has 7 nitrogen and oxygen atoms in total. The van der Waals surface area contributed by atoms with Crippen LogP contribution >= 0.6 is 11.6 Å². The fraction of sp³-hybridized carbons (Fsp3) is 0.462. The molecule has 0 saturated carbocycles. The highest BCUT2D eigenvalue weighted by atomic mass is 35.5. The lowest BCUT2D eigenvalue weighted by Crippen LogP contribution is -2.39. The smallest absolute Gasteiger partial charge is 0.316 e. The van der Waals surface area contributed by atoms with Gasteiger partial charge in [0.25, 0.3) is 5.91 Å². The molecule has 0 aliphatic heterocycles. The van der Waals surface area contributed by atoms with Crippen LogP contribution < -0.4 is 16.0 Å². The molecule has 0 unspecified atom stereocenters. The first-order chi connectivity index (χ1) is 9.95. The number of amides is 3. The van der Waals surface area contributed by atoms with Crippen molar-refractivity contribution in [3.8, 4) is 0 Å². The van der Waals surface area contributed by atoms with Gasteiger partial charge in [-0.2, -0.15) is 0 Å². The van der Waals surface area contributed by atoms with Crippen molar-refractivity contribution in [3.63, 3.8) is 0 Å². The standard InChI is InChI=1S/C13H20ClN5O2/c1-4-15-10-6-5-9(14)11(18-10)12(20)16-7-8-17-13(21)19(2)3/h5-6H,4,7-8H2,1-3H3,(H,15,18)(H,16,20)(H,17,21). The summed E-state index contributed by atoms with van der Waals surface area (Å²) in [6, 6.07) is 3.12. The van der Waals surface area contributed by atoms with Crippen LogP contribution in [-0.2, 0) is 0 Å². The van der Waals surface area contributed by atoms with E-state index in [2.05, 4.69) is 20.9 Å². The molecule has 0 radical (unpaired) electrons. The number of nitrogens with one attached hydrogen (secondary N) is 3. The number of nitrogens with zero attached hydrogens (tertiary/aromatic N) is 2. The van der Waals surface area contributed by atoms with E-state index in [1.54, 1.807) is 26.2 Å². The number of rotatable bonds is 6. The Labute approximate surface area is 129 Å². The van der Waals surface area contributed by atoms with Crippen LogP contribution in [0.1, 0.15) is 17.4 Å². The lowest BCUT2D eigenvalue weighted by molar-refractivity contribution is 0.0949. The van der Waals surface area contributed by atoms with Crippen molar-refractivity contribution < 1.29 is 9.59 Å². The van der Waals surface area contributed by atoms with Crippen molar-refractivity contribution in [2.24, 2.45) is 0 Å². The summed E-state index contributed by atoms with van der Waals surface area (Å²) in [7, 11) is 3.29. The fourth-order valence-corrected chi connectivity index (χ4v) is 1.66. The summed E-state index contributed by atoms with van der Waals surface area (Å²) in [6.45, 7) is 3.25. The average molecular weight is 314 g/mol. The van der Waals surface area contributed by atoms with Crippen LogP contribution in [0.5, 0.6) is 0 Å². The van der Waals surface area contributed by atoms with Gasteiger partial charge in [-0.05, 0) is 19.1 Å². The molecule has 0 aliphatic carbocycles. The van der Waals surface area contributed by atoms with Gasteiger partial charge in [0.05, 0.1) is 5.02 Å². The molecule has 1 rings (SSSR count). The van der Waals surface area contributed by atoms with Gasteiger partial charge in [-0.3, -0.25) is 4.79 Å². The van der Waals surface area contributed by atoms with Crippen LogP contribution in [0, 0.1) is 0 Å². The van der Waals surface area contributed by atoms with Crippen LogP contribution in [0.2, 0.25) is 5.02 Å². The second kappa shape index (κ2) is 8.31. The molecule has 0 spiro atoms. The van der Waals surface area contributed by atoms with Gasteiger partial charge in [0.15, 0.2) is 0 Å². The average Bonchev–Trinajstić information content (AvgIpc) is 2.45. The number of pyridine rings is 1. The van der Waals surface area contributed by atoms with Gasteiger partial charge >= 0.3 is 6.03 Å². The van der Waals surface area contributed by atoms with Crippen LogP contribution in [0.15, 0.2) is 12.1 Å². The number of hydrogen-bond donors (Lipinski definition) is 3. The molecule has 0 bridgehead atoms. The summed E-state index contributed by atoms with van der Waals surface area (Å²) in [5.74, 6) is 0.215. The SMILES string of the molecule is CCNc1ccc(Cl)c(C(=O)NCCNC(=O)N(C)C)n1. The van der Waals surface area contributed by atoms with Crippen molar-refractivity contribution in [2.45, 2.75) is 6.92 Å². The molecule has 8 heteroatoms. The van der Waals surface area contributed by atoms with Crippen molar-refractivity contribution in [2.75, 3.05) is 39.0 Å². The molecule has 0 aliphatic rings. The largest absolute Gasteiger partial charge is 0.370 e. The lowest BCUT2D eigenvalue weighted by Gasteiger charge is -2.12. The monoisotopic (exact) mass is 313 g/mol. The summed E-state index contributed by atoms with van der Waals surface area (Å²) in [5, 5.41) is 8.59. The Bertz CT molecular complexity index is 507. The van der Waals surface area contributed by atoms with Crippen molar-refractivity contribution in [1.29, 1.82) is 0 Å². The van der Waals surface area contributed by atoms with Crippen LogP contribution in [0.3, 0.4) is 0 Å². The van der Waals surface area contributed by atoms with E-state index < -0.39 is 0 Å². The Morgan fingerprint density at radius 1 is 1.24 bits per heavy atom. The Hall–Kier alpha value is -2.02. The van der Waals surface area contributed by atoms with Gasteiger partial charge < -0.3 is 20.9 Å². The Morgan fingerprint density at radius 2 is 1.90 bits per heavy atom. The number of carbonyl (C=O) groups excluding carboxylic acids is 2. The molecule has 3 amide bonds. The van der Waals surface area contributed by atoms with Gasteiger partial charge in [-0.15, -0.1) is 0 Å². The first-order valence-electron chi connectivity index (χ1n) is 6.59. The van der Waals surface area contributed by atoms with Gasteiger partial charge in [0.1, 0.15) is 11.5 Å². The van der Waals surface area contributed by atoms with Crippen molar-refractivity contribution in [1.82, 2.24) is 20.5 Å². The highest BCUT2D eigenvalue weighted by Gasteiger charge is 2.12. The number of halogens is 1. The van der Waals surface area contributed by atoms with E-state index >= 15 is 0 Å². The number of urea groups is 1. The molecular formula is C13H20ClN5O2. The molecule has 1 heterocycles. The van der Waals surface area contributed by atoms with Crippen LogP contribution in [-0.4, -0.2) is 55.6 Å². The Kier molecular flexibility index (Phi) is 6.74. The molecule has 1 aromatic rings. The van der Waals surface area contributed by atoms with E-state index in [1.807, 2.05) is 6.92 Å². The highest BCUT2D eigenvalue weighted by molar-refractivity contribution is 6.33. The summed E-state index contributed by atoms with van der Waals surface area (Å²) >= 11 is 5.97. The highest BCUT2D eigenvalue weighted by Crippen LogP contribution is 2.16. The molecule has 3 N–H and O–H groups in total. The molecular weight excluding hydrogens is 294 g/mol. The van der Waals surface area contributed by atoms with Crippen LogP contribution in [0.4, 0.5) is 10.6 Å². The molecule has 116 valence electrons. The number of hydrogen-bond acceptors (Lipinski definition) is 4. The summed E-state index contributed by atoms with van der Waals surface area (Å²) < 4.78 is 0. The Morgan fingerprint density at radius 3 is 2.52 bits per heavy atom. The maximum atomic E-state index is 12.0. The third kappa shape index (κ3) is 5.47. The fourth-order valence-electron chi connectivity index (χ4n) is 1.47. The van der Waals surface area contributed by atoms with E-state index in [1.165, 1.54) is 4.90 Å². The molecule has 0 aromatic carbocycles. The quantitative estimate of drug-likeness (QED) is 0.688. The second-order valence-electron chi connectivity index (χ2n) is 4.44. The molecule has 0 fully saturated rings. The van der Waals surface area contributed by atoms with Gasteiger partial charge in [0, 0.05) is 33.7 Å². The number of carbonyl (C=O) groups is 2. The zero-order valence-electron chi connectivity index (χ0n) is 12.4. The van der Waals surface area contributed by atoms with E-state index in [0.29, 0.717) is 25.5 Å². The first-order valence-corrected chi connectivity index (χ1v) is 6.97. The van der Waals surface area contributed by atoms with Crippen LogP contribution in [0.25, 0.3) is 0 Å². The minimum absolute atomic E-state index is 0.161. The van der Waals surface area contributed by atoms with Crippen molar-refractivity contribution >= 4 is 29.4 Å². The number of aromatic nitrogens is 1. The normalized spacial score (nSPS) is 9.90. The molecule has 21 heavy (non-hydrogen) atoms. The Balaban J connectivity index is 2.52. The molecule has 1 aromatic heterocycles. The predicted molar refractivity (Wildman–Crippen MR) is 82.8 cm³/mol. The predicted octanol–water partition coefficient (Wildman–Crippen LogP) is 1.17. The van der Waals surface area contributed by atoms with Gasteiger partial charge in [-0.25, -0.2) is 9.78 Å². The molecule has 0 atom stereocenters. The summed E-state index contributed by atoms with van der Waals surface area (Å²) in [6.07, 6.45) is 0. The van der Waals surface area contributed by atoms with Gasteiger partial charge in [-0.1, -0.05) is 11.6 Å². The van der Waals surface area contributed by atoms with E-state index in [4.69, 9.17) is 11.6 Å². The maximum Gasteiger partial charge on any atom is 0.316 e. The second-order valence-corrected chi connectivity index (χ2v) is 4.85. The third-order valence-corrected chi connectivity index (χ3v) is 2.82. The van der Waals surface area contributed by atoms with E-state index in [-0.39, 0.29) is 22.7 Å². The number of anilines is 1. The first kappa shape index (κ1) is 17.0. The zero-order chi connectivity index (χ0) is 15.8. The van der Waals surface area contributed by atoms with E-state index in [9.17, 15) is 9.59 Å². The minimum Gasteiger partial charge on any atom is -0.370 e. The lowest BCUT2D eigenvalue weighted by atomic mass is 10.3. The molecule has 0 saturated heterocycles. The topological polar surface area (TPSA) is 86.4 Å². The van der Waals surface area contributed by atoms with Crippen molar-refractivity contribution in [3.05, 3.63) is 22.8 Å². The maximum absolute atomic E-state index is 12.0. The zero-order valence-corrected chi connectivity index (χ0v) is 13.1. The third-order valence-electron chi connectivity index (χ3n) is 2.51. The summed E-state index contributed by atoms with van der Waals surface area (Å²) in [5.41, 5.74) is 0.161. The summed E-state index contributed by atoms with van der Waals surface area (Å²) in [4.78, 5) is 28.9. The minimum atomic E-state index is -0.376. The van der Waals surface area contributed by atoms with E-state index in [0.717, 1.165) is 0 Å².